The third-order valence-corrected chi connectivity index (χ3v) is 16.4. The number of rotatable bonds is 9. The highest BCUT2D eigenvalue weighted by molar-refractivity contribution is 6.21. The molecule has 12 aromatic rings. The molecule has 0 saturated carbocycles. The van der Waals surface area contributed by atoms with Gasteiger partial charge in [0.2, 0.25) is 0 Å². The number of hydrogen-bond donors (Lipinski definition) is 0. The predicted octanol–water partition coefficient (Wildman–Crippen LogP) is 22.0. The van der Waals surface area contributed by atoms with Crippen LogP contribution in [0.4, 0.5) is 0 Å². The molecular formula is C77H64. The number of fused-ring (bicyclic) bond motifs is 6. The quantitative estimate of drug-likeness (QED) is 0.0999. The minimum absolute atomic E-state index is 1.14. The predicted molar refractivity (Wildman–Crippen MR) is 341 cm³/mol. The van der Waals surface area contributed by atoms with Gasteiger partial charge in [0.25, 0.3) is 0 Å². The van der Waals surface area contributed by atoms with Crippen LogP contribution in [0.5, 0.6) is 0 Å². The van der Waals surface area contributed by atoms with Crippen molar-refractivity contribution in [3.05, 3.63) is 260 Å². The first-order valence-electron chi connectivity index (χ1n) is 27.1. The average Bonchev–Trinajstić information content (AvgIpc) is 3.42. The lowest BCUT2D eigenvalue weighted by molar-refractivity contribution is 1.33. The van der Waals surface area contributed by atoms with Crippen molar-refractivity contribution in [2.24, 2.45) is 0 Å². The van der Waals surface area contributed by atoms with Gasteiger partial charge in [-0.05, 0) is 245 Å². The van der Waals surface area contributed by atoms with Gasteiger partial charge in [0.1, 0.15) is 0 Å². The molecule has 0 heterocycles. The SMILES string of the molecule is C=Cc1cccc2c(-c3c(C)cc(C)cc3C)c3cccc(/C=C/c4cccc5c(-c6c(C)cc(C)cc6C)c6cccc(/C=C/c7cccc8c(-c9c(C)cc(C)cc9C)c9cccc(C=C)c9cc78)c6cc45)c3cc12. The molecule has 0 saturated heterocycles. The van der Waals surface area contributed by atoms with E-state index in [1.54, 1.807) is 0 Å². The maximum Gasteiger partial charge on any atom is -0.00210 e. The van der Waals surface area contributed by atoms with Gasteiger partial charge in [-0.15, -0.1) is 0 Å². The molecule has 0 heteroatoms. The molecule has 0 aliphatic rings. The van der Waals surface area contributed by atoms with Gasteiger partial charge >= 0.3 is 0 Å². The van der Waals surface area contributed by atoms with Gasteiger partial charge in [0.05, 0.1) is 0 Å². The minimum atomic E-state index is 1.14. The Morgan fingerprint density at radius 2 is 0.416 bits per heavy atom. The van der Waals surface area contributed by atoms with Crippen molar-refractivity contribution in [2.75, 3.05) is 0 Å². The Balaban J connectivity index is 1.08. The molecule has 12 aromatic carbocycles. The zero-order valence-electron chi connectivity index (χ0n) is 46.0. The van der Waals surface area contributed by atoms with Crippen LogP contribution in [0.3, 0.4) is 0 Å². The molecule has 0 amide bonds. The fourth-order valence-electron chi connectivity index (χ4n) is 13.5. The first-order valence-corrected chi connectivity index (χ1v) is 27.1. The van der Waals surface area contributed by atoms with Crippen LogP contribution in [0, 0.1) is 62.3 Å². The number of hydrogen-bond acceptors (Lipinski definition) is 0. The molecule has 0 radical (unpaired) electrons. The van der Waals surface area contributed by atoms with Gasteiger partial charge in [-0.2, -0.15) is 0 Å². The van der Waals surface area contributed by atoms with Crippen molar-refractivity contribution in [3.63, 3.8) is 0 Å². The molecule has 0 aliphatic heterocycles. The lowest BCUT2D eigenvalue weighted by Gasteiger charge is -2.20. The van der Waals surface area contributed by atoms with E-state index in [0.29, 0.717) is 0 Å². The van der Waals surface area contributed by atoms with E-state index < -0.39 is 0 Å². The largest absolute Gasteiger partial charge is 0.0984 e. The highest BCUT2D eigenvalue weighted by atomic mass is 14.2. The van der Waals surface area contributed by atoms with Crippen LogP contribution in [0.25, 0.3) is 134 Å². The van der Waals surface area contributed by atoms with E-state index in [9.17, 15) is 0 Å². The Morgan fingerprint density at radius 1 is 0.221 bits per heavy atom. The molecule has 0 unspecified atom stereocenters. The lowest BCUT2D eigenvalue weighted by atomic mass is 9.84. The lowest BCUT2D eigenvalue weighted by Crippen LogP contribution is -1.95. The molecule has 12 rings (SSSR count). The molecule has 0 bridgehead atoms. The summed E-state index contributed by atoms with van der Waals surface area (Å²) in [5, 5.41) is 14.8. The molecule has 77 heavy (non-hydrogen) atoms. The topological polar surface area (TPSA) is 0 Å². The third-order valence-electron chi connectivity index (χ3n) is 16.4. The molecule has 0 atom stereocenters. The second-order valence-electron chi connectivity index (χ2n) is 21.8. The van der Waals surface area contributed by atoms with Crippen molar-refractivity contribution in [1.82, 2.24) is 0 Å². The fourth-order valence-corrected chi connectivity index (χ4v) is 13.5. The van der Waals surface area contributed by atoms with E-state index >= 15 is 0 Å². The van der Waals surface area contributed by atoms with Crippen LogP contribution in [0.2, 0.25) is 0 Å². The Morgan fingerprint density at radius 3 is 0.623 bits per heavy atom. The Kier molecular flexibility index (Phi) is 12.3. The molecule has 372 valence electrons. The van der Waals surface area contributed by atoms with Gasteiger partial charge in [-0.1, -0.05) is 212 Å². The highest BCUT2D eigenvalue weighted by Crippen LogP contribution is 2.46. The summed E-state index contributed by atoms with van der Waals surface area (Å²) in [5.41, 5.74) is 26.3. The standard InChI is InChI=1S/C77H64/c1-12-54-20-14-26-60-66(54)42-68-56(22-16-28-62(68)75(60)72-48(6)36-45(3)37-49(72)7)32-34-58-24-18-30-64-70(58)44-71-59(25-19-31-65(71)77(64)74-52(10)40-47(5)41-53(74)11)35-33-57-23-17-29-63-69(57)43-67-55(13-2)21-15-27-61(67)76(63)73-50(8)38-46(4)39-51(73)9/h12-44H,1-2H2,3-11H3/b34-32+,35-33+. The Labute approximate surface area is 454 Å². The van der Waals surface area contributed by atoms with E-state index in [1.165, 1.54) is 170 Å². The molecule has 0 fully saturated rings. The van der Waals surface area contributed by atoms with Crippen molar-refractivity contribution in [2.45, 2.75) is 62.3 Å². The Hall–Kier alpha value is -8.84. The first-order chi connectivity index (χ1) is 37.3. The van der Waals surface area contributed by atoms with Gasteiger partial charge < -0.3 is 0 Å². The summed E-state index contributed by atoms with van der Waals surface area (Å²) < 4.78 is 0. The fraction of sp³-hybridized carbons (Fsp3) is 0.117. The monoisotopic (exact) mass is 989 g/mol. The van der Waals surface area contributed by atoms with Crippen molar-refractivity contribution in [3.8, 4) is 33.4 Å². The van der Waals surface area contributed by atoms with Crippen LogP contribution in [0.1, 0.15) is 83.5 Å². The molecule has 0 spiro atoms. The van der Waals surface area contributed by atoms with Crippen molar-refractivity contribution < 1.29 is 0 Å². The van der Waals surface area contributed by atoms with E-state index in [4.69, 9.17) is 0 Å². The minimum Gasteiger partial charge on any atom is -0.0984 e. The maximum absolute atomic E-state index is 4.26. The van der Waals surface area contributed by atoms with Gasteiger partial charge in [0.15, 0.2) is 0 Å². The summed E-state index contributed by atoms with van der Waals surface area (Å²) in [4.78, 5) is 0. The van der Waals surface area contributed by atoms with Crippen LogP contribution in [-0.4, -0.2) is 0 Å². The van der Waals surface area contributed by atoms with Gasteiger partial charge in [-0.3, -0.25) is 0 Å². The van der Waals surface area contributed by atoms with Crippen LogP contribution in [0.15, 0.2) is 177 Å². The maximum atomic E-state index is 4.26. The van der Waals surface area contributed by atoms with Gasteiger partial charge in [0, 0.05) is 0 Å². The summed E-state index contributed by atoms with van der Waals surface area (Å²) in [6.07, 6.45) is 13.4. The molecule has 0 nitrogen and oxygen atoms in total. The van der Waals surface area contributed by atoms with E-state index in [-0.39, 0.29) is 0 Å². The Bertz CT molecular complexity index is 4230. The van der Waals surface area contributed by atoms with Crippen molar-refractivity contribution in [1.29, 1.82) is 0 Å². The molecule has 0 aliphatic carbocycles. The summed E-state index contributed by atoms with van der Waals surface area (Å²) >= 11 is 0. The highest BCUT2D eigenvalue weighted by Gasteiger charge is 2.21. The normalized spacial score (nSPS) is 12.0. The third kappa shape index (κ3) is 8.32. The first kappa shape index (κ1) is 49.1. The second kappa shape index (κ2) is 19.4. The molecular weight excluding hydrogens is 925 g/mol. The summed E-state index contributed by atoms with van der Waals surface area (Å²) in [7, 11) is 0. The van der Waals surface area contributed by atoms with Crippen LogP contribution >= 0.6 is 0 Å². The van der Waals surface area contributed by atoms with E-state index in [1.807, 2.05) is 12.2 Å². The van der Waals surface area contributed by atoms with Crippen molar-refractivity contribution >= 4 is 101 Å². The van der Waals surface area contributed by atoms with Gasteiger partial charge in [-0.25, -0.2) is 0 Å². The van der Waals surface area contributed by atoms with E-state index in [2.05, 4.69) is 264 Å². The number of benzene rings is 12. The van der Waals surface area contributed by atoms with Crippen LogP contribution in [-0.2, 0) is 0 Å². The summed E-state index contributed by atoms with van der Waals surface area (Å²) in [6.45, 7) is 28.7. The van der Waals surface area contributed by atoms with E-state index in [0.717, 1.165) is 11.1 Å². The molecule has 0 N–H and O–H groups in total. The number of aryl methyl sites for hydroxylation is 9. The average molecular weight is 989 g/mol. The summed E-state index contributed by atoms with van der Waals surface area (Å²) in [6, 6.07) is 61.8. The summed E-state index contributed by atoms with van der Waals surface area (Å²) in [5.74, 6) is 0. The molecule has 0 aromatic heterocycles. The smallest absolute Gasteiger partial charge is 0.00210 e. The van der Waals surface area contributed by atoms with Crippen LogP contribution < -0.4 is 0 Å². The second-order valence-corrected chi connectivity index (χ2v) is 21.8. The zero-order chi connectivity index (χ0) is 53.4. The zero-order valence-corrected chi connectivity index (χ0v) is 46.0.